The molecule has 0 amide bonds. The lowest BCUT2D eigenvalue weighted by atomic mass is 9.96. The van der Waals surface area contributed by atoms with Gasteiger partial charge < -0.3 is 9.32 Å². The Kier molecular flexibility index (Phi) is 4.26. The molecule has 0 aliphatic heterocycles. The molecular formula is C13H19BrN2O. The Labute approximate surface area is 111 Å². The van der Waals surface area contributed by atoms with Gasteiger partial charge in [-0.1, -0.05) is 19.3 Å². The summed E-state index contributed by atoms with van der Waals surface area (Å²) >= 11 is 3.49. The zero-order chi connectivity index (χ0) is 12.3. The standard InChI is InChI=1S/C13H19BrN2O/c1-16(2)13-12(14)8-11(17-13)9-15-10-6-4-3-5-7-10/h8-10H,3-7H2,1-2H3. The molecule has 0 radical (unpaired) electrons. The Balaban J connectivity index is 2.02. The summed E-state index contributed by atoms with van der Waals surface area (Å²) in [5.74, 6) is 1.67. The lowest BCUT2D eigenvalue weighted by molar-refractivity contribution is 0.443. The molecule has 1 fully saturated rings. The molecule has 0 spiro atoms. The van der Waals surface area contributed by atoms with E-state index in [1.807, 2.05) is 31.3 Å². The maximum Gasteiger partial charge on any atom is 0.210 e. The van der Waals surface area contributed by atoms with Crippen LogP contribution in [-0.4, -0.2) is 26.4 Å². The quantitative estimate of drug-likeness (QED) is 0.793. The Bertz CT molecular complexity index is 392. The van der Waals surface area contributed by atoms with Gasteiger partial charge in [0.05, 0.1) is 16.7 Å². The lowest BCUT2D eigenvalue weighted by Gasteiger charge is -2.16. The smallest absolute Gasteiger partial charge is 0.210 e. The average molecular weight is 299 g/mol. The van der Waals surface area contributed by atoms with E-state index in [1.165, 1.54) is 32.1 Å². The third kappa shape index (κ3) is 3.35. The van der Waals surface area contributed by atoms with E-state index in [4.69, 9.17) is 4.42 Å². The van der Waals surface area contributed by atoms with E-state index >= 15 is 0 Å². The third-order valence-electron chi connectivity index (χ3n) is 3.08. The molecule has 4 heteroatoms. The Morgan fingerprint density at radius 1 is 1.35 bits per heavy atom. The minimum absolute atomic E-state index is 0.496. The van der Waals surface area contributed by atoms with Crippen LogP contribution in [0.25, 0.3) is 0 Å². The van der Waals surface area contributed by atoms with Crippen molar-refractivity contribution in [3.63, 3.8) is 0 Å². The maximum atomic E-state index is 5.70. The highest BCUT2D eigenvalue weighted by Gasteiger charge is 2.12. The topological polar surface area (TPSA) is 28.7 Å². The fraction of sp³-hybridized carbons (Fsp3) is 0.615. The molecule has 0 aromatic carbocycles. The summed E-state index contributed by atoms with van der Waals surface area (Å²) in [6, 6.07) is 2.47. The summed E-state index contributed by atoms with van der Waals surface area (Å²) < 4.78 is 6.68. The van der Waals surface area contributed by atoms with Crippen molar-refractivity contribution in [3.8, 4) is 0 Å². The summed E-state index contributed by atoms with van der Waals surface area (Å²) in [5, 5.41) is 0. The van der Waals surface area contributed by atoms with Crippen LogP contribution in [0.15, 0.2) is 19.9 Å². The number of aliphatic imine (C=N–C) groups is 1. The minimum atomic E-state index is 0.496. The number of halogens is 1. The van der Waals surface area contributed by atoms with Crippen molar-refractivity contribution in [3.05, 3.63) is 16.3 Å². The van der Waals surface area contributed by atoms with Crippen molar-refractivity contribution in [2.24, 2.45) is 4.99 Å². The van der Waals surface area contributed by atoms with E-state index in [2.05, 4.69) is 20.9 Å². The molecule has 0 unspecified atom stereocenters. The third-order valence-corrected chi connectivity index (χ3v) is 3.65. The first-order valence-corrected chi connectivity index (χ1v) is 6.96. The molecule has 17 heavy (non-hydrogen) atoms. The zero-order valence-electron chi connectivity index (χ0n) is 10.4. The predicted molar refractivity (Wildman–Crippen MR) is 75.2 cm³/mol. The van der Waals surface area contributed by atoms with Crippen molar-refractivity contribution in [2.75, 3.05) is 19.0 Å². The van der Waals surface area contributed by atoms with Crippen LogP contribution in [-0.2, 0) is 0 Å². The molecule has 94 valence electrons. The first kappa shape index (κ1) is 12.7. The molecule has 0 N–H and O–H groups in total. The molecule has 0 bridgehead atoms. The molecule has 0 atom stereocenters. The number of anilines is 1. The molecule has 3 nitrogen and oxygen atoms in total. The summed E-state index contributed by atoms with van der Waals surface area (Å²) in [7, 11) is 3.93. The largest absolute Gasteiger partial charge is 0.438 e. The second kappa shape index (κ2) is 5.71. The van der Waals surface area contributed by atoms with Gasteiger partial charge in [-0.25, -0.2) is 0 Å². The molecule has 1 saturated carbocycles. The normalized spacial score (nSPS) is 17.8. The van der Waals surface area contributed by atoms with E-state index in [-0.39, 0.29) is 0 Å². The van der Waals surface area contributed by atoms with Crippen molar-refractivity contribution in [2.45, 2.75) is 38.1 Å². The van der Waals surface area contributed by atoms with Crippen LogP contribution in [0, 0.1) is 0 Å². The predicted octanol–water partition coefficient (Wildman–Crippen LogP) is 3.86. The summed E-state index contributed by atoms with van der Waals surface area (Å²) in [6.45, 7) is 0. The van der Waals surface area contributed by atoms with Gasteiger partial charge in [0.2, 0.25) is 5.88 Å². The number of hydrogen-bond acceptors (Lipinski definition) is 3. The van der Waals surface area contributed by atoms with E-state index in [0.29, 0.717) is 6.04 Å². The highest BCUT2D eigenvalue weighted by Crippen LogP contribution is 2.28. The van der Waals surface area contributed by atoms with E-state index in [9.17, 15) is 0 Å². The van der Waals surface area contributed by atoms with Gasteiger partial charge in [0, 0.05) is 20.2 Å². The summed E-state index contributed by atoms with van der Waals surface area (Å²) in [6.07, 6.45) is 8.30. The molecule has 1 aromatic rings. The maximum absolute atomic E-state index is 5.70. The van der Waals surface area contributed by atoms with Crippen molar-refractivity contribution >= 4 is 28.0 Å². The van der Waals surface area contributed by atoms with Crippen LogP contribution in [0.1, 0.15) is 37.9 Å². The SMILES string of the molecule is CN(C)c1oc(C=NC2CCCCC2)cc1Br. The summed E-state index contributed by atoms with van der Waals surface area (Å²) in [5.41, 5.74) is 0. The number of rotatable bonds is 3. The molecule has 1 aromatic heterocycles. The van der Waals surface area contributed by atoms with E-state index < -0.39 is 0 Å². The van der Waals surface area contributed by atoms with Gasteiger partial charge in [-0.2, -0.15) is 0 Å². The second-order valence-corrected chi connectivity index (χ2v) is 5.62. The molecular weight excluding hydrogens is 280 g/mol. The van der Waals surface area contributed by atoms with E-state index in [0.717, 1.165) is 16.1 Å². The highest BCUT2D eigenvalue weighted by molar-refractivity contribution is 9.10. The number of hydrogen-bond donors (Lipinski definition) is 0. The number of furan rings is 1. The number of nitrogens with zero attached hydrogens (tertiary/aromatic N) is 2. The van der Waals surface area contributed by atoms with Crippen LogP contribution in [0.4, 0.5) is 5.88 Å². The van der Waals surface area contributed by atoms with Crippen LogP contribution in [0.5, 0.6) is 0 Å². The van der Waals surface area contributed by atoms with Gasteiger partial charge in [-0.15, -0.1) is 0 Å². The van der Waals surface area contributed by atoms with Crippen LogP contribution in [0.3, 0.4) is 0 Å². The first-order chi connectivity index (χ1) is 8.16. The second-order valence-electron chi connectivity index (χ2n) is 4.77. The fourth-order valence-corrected chi connectivity index (χ4v) is 2.82. The Morgan fingerprint density at radius 2 is 2.06 bits per heavy atom. The molecule has 1 aliphatic rings. The average Bonchev–Trinajstić information content (AvgIpc) is 2.69. The Morgan fingerprint density at radius 3 is 2.65 bits per heavy atom. The lowest BCUT2D eigenvalue weighted by Crippen LogP contribution is -2.09. The molecule has 2 rings (SSSR count). The Hall–Kier alpha value is -0.770. The first-order valence-electron chi connectivity index (χ1n) is 6.16. The van der Waals surface area contributed by atoms with Gasteiger partial charge in [0.15, 0.2) is 0 Å². The van der Waals surface area contributed by atoms with Crippen LogP contribution < -0.4 is 4.90 Å². The molecule has 1 heterocycles. The monoisotopic (exact) mass is 298 g/mol. The molecule has 1 aliphatic carbocycles. The highest BCUT2D eigenvalue weighted by atomic mass is 79.9. The minimum Gasteiger partial charge on any atom is -0.438 e. The van der Waals surface area contributed by atoms with E-state index in [1.54, 1.807) is 0 Å². The van der Waals surface area contributed by atoms with Gasteiger partial charge in [0.1, 0.15) is 5.76 Å². The van der Waals surface area contributed by atoms with Crippen LogP contribution >= 0.6 is 15.9 Å². The van der Waals surface area contributed by atoms with Crippen LogP contribution in [0.2, 0.25) is 0 Å². The molecule has 0 saturated heterocycles. The summed E-state index contributed by atoms with van der Waals surface area (Å²) in [4.78, 5) is 6.56. The van der Waals surface area contributed by atoms with Gasteiger partial charge >= 0.3 is 0 Å². The van der Waals surface area contributed by atoms with Gasteiger partial charge in [0.25, 0.3) is 0 Å². The van der Waals surface area contributed by atoms with Gasteiger partial charge in [-0.05, 0) is 28.8 Å². The van der Waals surface area contributed by atoms with Crippen molar-refractivity contribution < 1.29 is 4.42 Å². The fourth-order valence-electron chi connectivity index (χ4n) is 2.15. The van der Waals surface area contributed by atoms with Gasteiger partial charge in [-0.3, -0.25) is 4.99 Å². The van der Waals surface area contributed by atoms with Crippen molar-refractivity contribution in [1.82, 2.24) is 0 Å². The zero-order valence-corrected chi connectivity index (χ0v) is 12.0. The van der Waals surface area contributed by atoms with Crippen molar-refractivity contribution in [1.29, 1.82) is 0 Å².